The Hall–Kier alpha value is -6.15. The number of pyridine rings is 1. The Morgan fingerprint density at radius 2 is 1.71 bits per heavy atom. The van der Waals surface area contributed by atoms with Crippen LogP contribution in [0.1, 0.15) is 60.0 Å². The lowest BCUT2D eigenvalue weighted by molar-refractivity contribution is -0.133. The number of methoxy groups -OCH3 is 2. The summed E-state index contributed by atoms with van der Waals surface area (Å²) >= 11 is 12.7. The fourth-order valence-electron chi connectivity index (χ4n) is 7.51. The van der Waals surface area contributed by atoms with Crippen molar-refractivity contribution in [3.05, 3.63) is 75.4 Å². The number of amides is 4. The second-order valence-electron chi connectivity index (χ2n) is 14.8. The number of rotatable bonds is 19. The highest BCUT2D eigenvalue weighted by Crippen LogP contribution is 2.40. The van der Waals surface area contributed by atoms with E-state index >= 15 is 0 Å². The highest BCUT2D eigenvalue weighted by Gasteiger charge is 2.34. The van der Waals surface area contributed by atoms with Crippen molar-refractivity contribution in [3.8, 4) is 23.3 Å². The molecule has 62 heavy (non-hydrogen) atoms. The molecule has 326 valence electrons. The molecule has 0 spiro atoms. The Labute approximate surface area is 369 Å². The molecule has 0 radical (unpaired) electrons. The van der Waals surface area contributed by atoms with Crippen LogP contribution >= 0.6 is 23.2 Å². The topological polar surface area (TPSA) is 196 Å². The van der Waals surface area contributed by atoms with E-state index in [1.807, 2.05) is 4.90 Å². The van der Waals surface area contributed by atoms with Crippen molar-refractivity contribution in [2.45, 2.75) is 51.1 Å². The number of hydrogen-bond donors (Lipinski definition) is 3. The highest BCUT2D eigenvalue weighted by atomic mass is 35.5. The summed E-state index contributed by atoms with van der Waals surface area (Å²) in [6.45, 7) is 3.89. The Morgan fingerprint density at radius 3 is 2.42 bits per heavy atom. The van der Waals surface area contributed by atoms with Gasteiger partial charge in [-0.2, -0.15) is 5.26 Å². The molecule has 0 bridgehead atoms. The molecule has 3 heterocycles. The van der Waals surface area contributed by atoms with Crippen molar-refractivity contribution in [1.29, 1.82) is 5.26 Å². The number of benzene rings is 3. The first-order chi connectivity index (χ1) is 30.0. The molecule has 16 nitrogen and oxygen atoms in total. The van der Waals surface area contributed by atoms with Crippen molar-refractivity contribution in [1.82, 2.24) is 25.0 Å². The summed E-state index contributed by atoms with van der Waals surface area (Å²) in [5.41, 5.74) is 3.36. The summed E-state index contributed by atoms with van der Waals surface area (Å²) in [4.78, 5) is 72.7. The van der Waals surface area contributed by atoms with Crippen molar-refractivity contribution in [2.75, 3.05) is 71.2 Å². The predicted molar refractivity (Wildman–Crippen MR) is 234 cm³/mol. The average Bonchev–Trinajstić information content (AvgIpc) is 3.62. The van der Waals surface area contributed by atoms with Crippen LogP contribution in [0.15, 0.2) is 48.7 Å². The van der Waals surface area contributed by atoms with Crippen LogP contribution in [0.5, 0.6) is 17.2 Å². The minimum Gasteiger partial charge on any atom is -0.495 e. The van der Waals surface area contributed by atoms with E-state index in [-0.39, 0.29) is 55.9 Å². The summed E-state index contributed by atoms with van der Waals surface area (Å²) in [7, 11) is 4.55. The second kappa shape index (κ2) is 21.1. The number of nitrogens with zero attached hydrogens (tertiary/aromatic N) is 5. The number of carbonyl (C=O) groups is 5. The molecule has 3 N–H and O–H groups in total. The van der Waals surface area contributed by atoms with Gasteiger partial charge in [0, 0.05) is 106 Å². The maximum absolute atomic E-state index is 13.1. The second-order valence-corrected chi connectivity index (χ2v) is 15.6. The fraction of sp³-hybridized carbons (Fsp3) is 0.386. The number of aromatic nitrogens is 1. The number of carbonyl (C=O) groups excluding carboxylic acids is 5. The third kappa shape index (κ3) is 10.6. The zero-order chi connectivity index (χ0) is 44.3. The fourth-order valence-corrected chi connectivity index (χ4v) is 8.02. The maximum atomic E-state index is 13.1. The number of anilines is 3. The minimum atomic E-state index is -0.767. The van der Waals surface area contributed by atoms with E-state index < -0.39 is 6.04 Å². The Balaban J connectivity index is 0.936. The van der Waals surface area contributed by atoms with Gasteiger partial charge in [0.1, 0.15) is 18.1 Å². The van der Waals surface area contributed by atoms with Gasteiger partial charge >= 0.3 is 0 Å². The van der Waals surface area contributed by atoms with Crippen LogP contribution in [0.2, 0.25) is 10.0 Å². The highest BCUT2D eigenvalue weighted by molar-refractivity contribution is 6.37. The predicted octanol–water partition coefficient (Wildman–Crippen LogP) is 5.95. The monoisotopic (exact) mass is 886 g/mol. The largest absolute Gasteiger partial charge is 0.495 e. The first-order valence-electron chi connectivity index (χ1n) is 20.2. The van der Waals surface area contributed by atoms with Crippen LogP contribution in [0.25, 0.3) is 10.9 Å². The quantitative estimate of drug-likeness (QED) is 0.0742. The van der Waals surface area contributed by atoms with Crippen LogP contribution in [0, 0.1) is 11.3 Å². The maximum Gasteiger partial charge on any atom is 0.255 e. The van der Waals surface area contributed by atoms with Gasteiger partial charge in [0.25, 0.3) is 5.91 Å². The standard InChI is InChI=1S/C44H48Cl2N8O8/c1-48-40(56)12-11-28(26-55)54-25-31-29(44(54)59)7-4-8-34(31)50-41(57)9-5-10-42(58)53-16-14-52(15-17-53)13-6-18-62-39-21-35-30(19-38(39)61-3)43(27(23-47)24-49-35)51-36-22-37(60-2)33(46)20-32(36)45/h4,7-8,19-22,24,26,28H,5-6,9-18,25H2,1-3H3,(H,48,56)(H,49,51)(H,50,57). The van der Waals surface area contributed by atoms with Gasteiger partial charge in [-0.3, -0.25) is 29.1 Å². The number of halogens is 2. The number of piperazine rings is 1. The normalized spacial score (nSPS) is 14.2. The summed E-state index contributed by atoms with van der Waals surface area (Å²) < 4.78 is 17.2. The molecule has 4 amide bonds. The first-order valence-corrected chi connectivity index (χ1v) is 21.0. The molecule has 1 saturated heterocycles. The van der Waals surface area contributed by atoms with Crippen LogP contribution in [0.4, 0.5) is 17.1 Å². The van der Waals surface area contributed by atoms with E-state index in [9.17, 15) is 29.2 Å². The van der Waals surface area contributed by atoms with Gasteiger partial charge in [0.15, 0.2) is 11.5 Å². The summed E-state index contributed by atoms with van der Waals surface area (Å²) in [5.74, 6) is 0.564. The Morgan fingerprint density at radius 1 is 0.935 bits per heavy atom. The molecule has 6 rings (SSSR count). The third-order valence-corrected chi connectivity index (χ3v) is 11.6. The van der Waals surface area contributed by atoms with Crippen molar-refractivity contribution in [2.24, 2.45) is 0 Å². The van der Waals surface area contributed by atoms with E-state index in [4.69, 9.17) is 37.4 Å². The lowest BCUT2D eigenvalue weighted by atomic mass is 10.1. The molecule has 1 aromatic heterocycles. The smallest absolute Gasteiger partial charge is 0.255 e. The molecule has 1 fully saturated rings. The molecule has 2 aliphatic heterocycles. The van der Waals surface area contributed by atoms with Crippen molar-refractivity contribution >= 4 is 81.1 Å². The molecule has 18 heteroatoms. The molecule has 3 aromatic carbocycles. The number of ether oxygens (including phenoxy) is 3. The van der Waals surface area contributed by atoms with Gasteiger partial charge in [-0.1, -0.05) is 29.3 Å². The average molecular weight is 888 g/mol. The van der Waals surface area contributed by atoms with Gasteiger partial charge in [0.05, 0.1) is 59.4 Å². The summed E-state index contributed by atoms with van der Waals surface area (Å²) in [6, 6.07) is 13.2. The molecule has 0 aliphatic carbocycles. The van der Waals surface area contributed by atoms with E-state index in [2.05, 4.69) is 31.9 Å². The zero-order valence-corrected chi connectivity index (χ0v) is 36.2. The SMILES string of the molecule is CNC(=O)CCC(C=O)N1Cc2c(NC(=O)CCCC(=O)N3CCN(CCCOc4cc5ncc(C#N)c(Nc6cc(OC)c(Cl)cc6Cl)c5cc4OC)CC3)cccc2C1=O. The third-order valence-electron chi connectivity index (χ3n) is 10.9. The number of fused-ring (bicyclic) bond motifs is 2. The van der Waals surface area contributed by atoms with E-state index in [0.29, 0.717) is 117 Å². The number of aldehydes is 1. The van der Waals surface area contributed by atoms with Gasteiger partial charge in [-0.25, -0.2) is 0 Å². The van der Waals surface area contributed by atoms with E-state index in [0.717, 1.165) is 13.0 Å². The van der Waals surface area contributed by atoms with Crippen LogP contribution < -0.4 is 30.2 Å². The van der Waals surface area contributed by atoms with Crippen molar-refractivity contribution < 1.29 is 38.2 Å². The van der Waals surface area contributed by atoms with Crippen LogP contribution in [-0.4, -0.2) is 116 Å². The number of nitriles is 1. The lowest BCUT2D eigenvalue weighted by Crippen LogP contribution is -2.49. The number of nitrogens with one attached hydrogen (secondary N) is 3. The van der Waals surface area contributed by atoms with Crippen molar-refractivity contribution in [3.63, 3.8) is 0 Å². The Kier molecular flexibility index (Phi) is 15.4. The van der Waals surface area contributed by atoms with Gasteiger partial charge in [-0.05, 0) is 43.5 Å². The molecule has 4 aromatic rings. The van der Waals surface area contributed by atoms with Gasteiger partial charge in [0.2, 0.25) is 17.7 Å². The van der Waals surface area contributed by atoms with Crippen LogP contribution in [0.3, 0.4) is 0 Å². The molecule has 2 aliphatic rings. The minimum absolute atomic E-state index is 0.00692. The van der Waals surface area contributed by atoms with E-state index in [1.54, 1.807) is 49.6 Å². The summed E-state index contributed by atoms with van der Waals surface area (Å²) in [6.07, 6.45) is 3.89. The lowest BCUT2D eigenvalue weighted by Gasteiger charge is -2.34. The number of hydrogen-bond acceptors (Lipinski definition) is 12. The Bertz CT molecular complexity index is 2380. The molecule has 1 unspecified atom stereocenters. The van der Waals surface area contributed by atoms with E-state index in [1.165, 1.54) is 25.3 Å². The molecular formula is C44H48Cl2N8O8. The summed E-state index contributed by atoms with van der Waals surface area (Å²) in [5, 5.41) is 19.9. The molecule has 0 saturated carbocycles. The first kappa shape index (κ1) is 45.4. The van der Waals surface area contributed by atoms with Gasteiger partial charge < -0.3 is 44.8 Å². The zero-order valence-electron chi connectivity index (χ0n) is 34.7. The molecule has 1 atom stereocenters. The van der Waals surface area contributed by atoms with Crippen LogP contribution in [-0.2, 0) is 25.7 Å². The van der Waals surface area contributed by atoms with Gasteiger partial charge in [-0.15, -0.1) is 0 Å². The molecular weight excluding hydrogens is 839 g/mol.